The molecule has 0 aliphatic carbocycles. The van der Waals surface area contributed by atoms with Crippen molar-refractivity contribution in [1.82, 2.24) is 9.78 Å². The van der Waals surface area contributed by atoms with Gasteiger partial charge in [-0.3, -0.25) is 9.40 Å². The Labute approximate surface area is 123 Å². The third-order valence-electron chi connectivity index (χ3n) is 2.88. The number of hydrogen-bond acceptors (Lipinski definition) is 5. The second-order valence-electron chi connectivity index (χ2n) is 4.44. The lowest BCUT2D eigenvalue weighted by atomic mass is 10.2. The molecule has 1 aromatic carbocycles. The van der Waals surface area contributed by atoms with Gasteiger partial charge in [0.05, 0.1) is 29.9 Å². The van der Waals surface area contributed by atoms with Crippen molar-refractivity contribution in [3.8, 4) is 0 Å². The molecule has 8 heteroatoms. The van der Waals surface area contributed by atoms with Gasteiger partial charge in [-0.05, 0) is 17.7 Å². The van der Waals surface area contributed by atoms with E-state index in [1.54, 1.807) is 30.1 Å². The molecule has 1 aromatic heterocycles. The second-order valence-corrected chi connectivity index (χ2v) is 6.12. The first-order valence-corrected chi connectivity index (χ1v) is 7.86. The van der Waals surface area contributed by atoms with Crippen LogP contribution in [0.4, 0.5) is 5.69 Å². The Morgan fingerprint density at radius 1 is 1.33 bits per heavy atom. The van der Waals surface area contributed by atoms with Crippen LogP contribution in [-0.4, -0.2) is 31.9 Å². The SMILES string of the molecule is COCCn1cc(NS(=O)(=O)c2ccc(CN)cc2)cn1. The number of anilines is 1. The number of hydrogen-bond donors (Lipinski definition) is 2. The summed E-state index contributed by atoms with van der Waals surface area (Å²) < 4.78 is 33.5. The average Bonchev–Trinajstić information content (AvgIpc) is 2.92. The number of methoxy groups -OCH3 is 1. The van der Waals surface area contributed by atoms with Crippen molar-refractivity contribution in [2.75, 3.05) is 18.4 Å². The van der Waals surface area contributed by atoms with Crippen molar-refractivity contribution in [2.24, 2.45) is 5.73 Å². The second kappa shape index (κ2) is 6.70. The topological polar surface area (TPSA) is 99.2 Å². The van der Waals surface area contributed by atoms with Crippen LogP contribution in [0.3, 0.4) is 0 Å². The lowest BCUT2D eigenvalue weighted by molar-refractivity contribution is 0.183. The number of nitrogens with two attached hydrogens (primary N) is 1. The highest BCUT2D eigenvalue weighted by Crippen LogP contribution is 2.16. The van der Waals surface area contributed by atoms with Crippen molar-refractivity contribution < 1.29 is 13.2 Å². The van der Waals surface area contributed by atoms with Gasteiger partial charge < -0.3 is 10.5 Å². The molecule has 1 heterocycles. The fourth-order valence-electron chi connectivity index (χ4n) is 1.74. The van der Waals surface area contributed by atoms with Gasteiger partial charge in [0, 0.05) is 19.9 Å². The maximum absolute atomic E-state index is 12.2. The first-order chi connectivity index (χ1) is 10.0. The maximum atomic E-state index is 12.2. The summed E-state index contributed by atoms with van der Waals surface area (Å²) in [6.07, 6.45) is 3.08. The summed E-state index contributed by atoms with van der Waals surface area (Å²) in [4.78, 5) is 0.185. The quantitative estimate of drug-likeness (QED) is 0.787. The van der Waals surface area contributed by atoms with Gasteiger partial charge in [0.15, 0.2) is 0 Å². The zero-order chi connectivity index (χ0) is 15.3. The highest BCUT2D eigenvalue weighted by atomic mass is 32.2. The smallest absolute Gasteiger partial charge is 0.261 e. The lowest BCUT2D eigenvalue weighted by Gasteiger charge is -2.06. The zero-order valence-corrected chi connectivity index (χ0v) is 12.5. The molecule has 0 atom stereocenters. The van der Waals surface area contributed by atoms with E-state index in [4.69, 9.17) is 10.5 Å². The van der Waals surface area contributed by atoms with Crippen molar-refractivity contribution in [1.29, 1.82) is 0 Å². The van der Waals surface area contributed by atoms with Gasteiger partial charge in [0.25, 0.3) is 10.0 Å². The molecule has 0 unspecified atom stereocenters. The van der Waals surface area contributed by atoms with E-state index < -0.39 is 10.0 Å². The molecule has 7 nitrogen and oxygen atoms in total. The Morgan fingerprint density at radius 3 is 2.67 bits per heavy atom. The summed E-state index contributed by atoms with van der Waals surface area (Å²) in [5.74, 6) is 0. The average molecular weight is 310 g/mol. The minimum absolute atomic E-state index is 0.185. The summed E-state index contributed by atoms with van der Waals surface area (Å²) in [5.41, 5.74) is 6.78. The van der Waals surface area contributed by atoms with Crippen molar-refractivity contribution in [3.63, 3.8) is 0 Å². The van der Waals surface area contributed by atoms with E-state index in [1.165, 1.54) is 18.3 Å². The van der Waals surface area contributed by atoms with E-state index in [2.05, 4.69) is 9.82 Å². The van der Waals surface area contributed by atoms with Crippen LogP contribution in [-0.2, 0) is 27.8 Å². The molecule has 0 aliphatic rings. The minimum Gasteiger partial charge on any atom is -0.383 e. The number of rotatable bonds is 7. The Balaban J connectivity index is 2.10. The molecule has 2 rings (SSSR count). The van der Waals surface area contributed by atoms with Crippen LogP contribution in [0, 0.1) is 0 Å². The van der Waals surface area contributed by atoms with Crippen LogP contribution in [0.1, 0.15) is 5.56 Å². The van der Waals surface area contributed by atoms with E-state index in [0.29, 0.717) is 25.4 Å². The van der Waals surface area contributed by atoms with Gasteiger partial charge in [-0.1, -0.05) is 12.1 Å². The summed E-state index contributed by atoms with van der Waals surface area (Å²) in [5, 5.41) is 4.05. The van der Waals surface area contributed by atoms with E-state index >= 15 is 0 Å². The summed E-state index contributed by atoms with van der Waals surface area (Å²) in [6, 6.07) is 6.44. The van der Waals surface area contributed by atoms with Gasteiger partial charge in [0.2, 0.25) is 0 Å². The monoisotopic (exact) mass is 310 g/mol. The molecule has 0 aliphatic heterocycles. The minimum atomic E-state index is -3.62. The van der Waals surface area contributed by atoms with Gasteiger partial charge in [-0.15, -0.1) is 0 Å². The molecule has 114 valence electrons. The van der Waals surface area contributed by atoms with Gasteiger partial charge in [0.1, 0.15) is 0 Å². The van der Waals surface area contributed by atoms with Crippen molar-refractivity contribution in [2.45, 2.75) is 18.0 Å². The van der Waals surface area contributed by atoms with E-state index in [-0.39, 0.29) is 4.90 Å². The fraction of sp³-hybridized carbons (Fsp3) is 0.308. The van der Waals surface area contributed by atoms with E-state index in [9.17, 15) is 8.42 Å². The highest BCUT2D eigenvalue weighted by Gasteiger charge is 2.14. The van der Waals surface area contributed by atoms with Crippen molar-refractivity contribution in [3.05, 3.63) is 42.2 Å². The van der Waals surface area contributed by atoms with Crippen molar-refractivity contribution >= 4 is 15.7 Å². The summed E-state index contributed by atoms with van der Waals surface area (Å²) in [7, 11) is -2.03. The van der Waals surface area contributed by atoms with Crippen LogP contribution >= 0.6 is 0 Å². The van der Waals surface area contributed by atoms with E-state index in [0.717, 1.165) is 5.56 Å². The molecule has 3 N–H and O–H groups in total. The predicted octanol–water partition coefficient (Wildman–Crippen LogP) is 0.789. The van der Waals surface area contributed by atoms with Crippen LogP contribution in [0.15, 0.2) is 41.6 Å². The number of aromatic nitrogens is 2. The predicted molar refractivity (Wildman–Crippen MR) is 79.2 cm³/mol. The molecule has 0 fully saturated rings. The maximum Gasteiger partial charge on any atom is 0.261 e. The van der Waals surface area contributed by atoms with Crippen LogP contribution < -0.4 is 10.5 Å². The highest BCUT2D eigenvalue weighted by molar-refractivity contribution is 7.92. The van der Waals surface area contributed by atoms with E-state index in [1.807, 2.05) is 0 Å². The van der Waals surface area contributed by atoms with Gasteiger partial charge in [-0.2, -0.15) is 5.10 Å². The molecule has 0 saturated carbocycles. The standard InChI is InChI=1S/C13H18N4O3S/c1-20-7-6-17-10-12(9-15-17)16-21(18,19)13-4-2-11(8-14)3-5-13/h2-5,9-10,16H,6-8,14H2,1H3. The molecule has 0 saturated heterocycles. The summed E-state index contributed by atoms with van der Waals surface area (Å²) >= 11 is 0. The number of sulfonamides is 1. The number of benzene rings is 1. The molecular formula is C13H18N4O3S. The van der Waals surface area contributed by atoms with Crippen LogP contribution in [0.25, 0.3) is 0 Å². The number of nitrogens with zero attached hydrogens (tertiary/aromatic N) is 2. The largest absolute Gasteiger partial charge is 0.383 e. The Bertz CT molecular complexity index is 680. The molecule has 21 heavy (non-hydrogen) atoms. The normalized spacial score (nSPS) is 11.5. The van der Waals surface area contributed by atoms with Gasteiger partial charge >= 0.3 is 0 Å². The fourth-order valence-corrected chi connectivity index (χ4v) is 2.77. The molecule has 2 aromatic rings. The Kier molecular flexibility index (Phi) is 4.94. The number of nitrogens with one attached hydrogen (secondary N) is 1. The molecule has 0 amide bonds. The molecule has 0 bridgehead atoms. The van der Waals surface area contributed by atoms with Crippen LogP contribution in [0.5, 0.6) is 0 Å². The third kappa shape index (κ3) is 4.03. The first-order valence-electron chi connectivity index (χ1n) is 6.38. The Morgan fingerprint density at radius 2 is 2.05 bits per heavy atom. The first kappa shape index (κ1) is 15.5. The number of ether oxygens (including phenoxy) is 1. The molecular weight excluding hydrogens is 292 g/mol. The van der Waals surface area contributed by atoms with Gasteiger partial charge in [-0.25, -0.2) is 8.42 Å². The summed E-state index contributed by atoms with van der Waals surface area (Å²) in [6.45, 7) is 1.44. The zero-order valence-electron chi connectivity index (χ0n) is 11.7. The van der Waals surface area contributed by atoms with Crippen LogP contribution in [0.2, 0.25) is 0 Å². The molecule has 0 spiro atoms. The Hall–Kier alpha value is -1.90. The lowest BCUT2D eigenvalue weighted by Crippen LogP contribution is -2.12. The third-order valence-corrected chi connectivity index (χ3v) is 4.28. The molecule has 0 radical (unpaired) electrons.